The number of para-hydroxylation sites is 2. The minimum atomic E-state index is -0.120. The van der Waals surface area contributed by atoms with Crippen LogP contribution in [0.25, 0.3) is 10.9 Å². The Balaban J connectivity index is 2.23. The molecule has 3 rings (SSSR count). The Hall–Kier alpha value is -2.82. The second-order valence-electron chi connectivity index (χ2n) is 5.13. The molecule has 0 aliphatic carbocycles. The summed E-state index contributed by atoms with van der Waals surface area (Å²) < 4.78 is 7.05. The number of aromatic nitrogens is 1. The predicted molar refractivity (Wildman–Crippen MR) is 85.9 cm³/mol. The number of aryl methyl sites for hydroxylation is 1. The highest BCUT2D eigenvalue weighted by Crippen LogP contribution is 2.40. The van der Waals surface area contributed by atoms with Gasteiger partial charge in [-0.3, -0.25) is 0 Å². The largest absolute Gasteiger partial charge is 0.496 e. The van der Waals surface area contributed by atoms with E-state index in [9.17, 15) is 10.0 Å². The molecule has 0 radical (unpaired) electrons. The SMILES string of the molecule is COc1ccccc1Cn1c(O)c(N=O)c2cccc(C)c21. The molecule has 5 nitrogen and oxygen atoms in total. The van der Waals surface area contributed by atoms with Gasteiger partial charge in [0.2, 0.25) is 5.88 Å². The molecule has 2 aromatic carbocycles. The number of benzene rings is 2. The summed E-state index contributed by atoms with van der Waals surface area (Å²) in [7, 11) is 1.61. The topological polar surface area (TPSA) is 63.8 Å². The minimum Gasteiger partial charge on any atom is -0.496 e. The molecular weight excluding hydrogens is 280 g/mol. The lowest BCUT2D eigenvalue weighted by atomic mass is 10.1. The molecule has 1 N–H and O–H groups in total. The van der Waals surface area contributed by atoms with Crippen LogP contribution in [0.3, 0.4) is 0 Å². The molecule has 0 aliphatic rings. The van der Waals surface area contributed by atoms with Crippen molar-refractivity contribution in [3.05, 3.63) is 58.5 Å². The Morgan fingerprint density at radius 3 is 2.68 bits per heavy atom. The maximum absolute atomic E-state index is 11.1. The van der Waals surface area contributed by atoms with E-state index in [4.69, 9.17) is 4.74 Å². The number of ether oxygens (including phenoxy) is 1. The number of rotatable bonds is 4. The van der Waals surface area contributed by atoms with Crippen molar-refractivity contribution in [2.45, 2.75) is 13.5 Å². The molecule has 0 bridgehead atoms. The smallest absolute Gasteiger partial charge is 0.222 e. The maximum atomic E-state index is 11.1. The monoisotopic (exact) mass is 296 g/mol. The quantitative estimate of drug-likeness (QED) is 0.737. The Kier molecular flexibility index (Phi) is 3.55. The predicted octanol–water partition coefficient (Wildman–Crippen LogP) is 4.11. The highest BCUT2D eigenvalue weighted by atomic mass is 16.5. The van der Waals surface area contributed by atoms with Gasteiger partial charge in [0, 0.05) is 10.9 Å². The van der Waals surface area contributed by atoms with E-state index in [0.717, 1.165) is 22.4 Å². The second-order valence-corrected chi connectivity index (χ2v) is 5.13. The highest BCUT2D eigenvalue weighted by molar-refractivity contribution is 5.96. The van der Waals surface area contributed by atoms with Gasteiger partial charge in [-0.05, 0) is 23.7 Å². The van der Waals surface area contributed by atoms with Crippen LogP contribution in [-0.4, -0.2) is 16.8 Å². The third kappa shape index (κ3) is 2.11. The van der Waals surface area contributed by atoms with Gasteiger partial charge in [-0.1, -0.05) is 36.4 Å². The number of fused-ring (bicyclic) bond motifs is 1. The average Bonchev–Trinajstić information content (AvgIpc) is 2.81. The van der Waals surface area contributed by atoms with E-state index in [0.29, 0.717) is 11.9 Å². The zero-order valence-electron chi connectivity index (χ0n) is 12.4. The van der Waals surface area contributed by atoms with Gasteiger partial charge in [0.05, 0.1) is 19.2 Å². The zero-order chi connectivity index (χ0) is 15.7. The van der Waals surface area contributed by atoms with Crippen LogP contribution in [0.5, 0.6) is 11.6 Å². The van der Waals surface area contributed by atoms with Crippen LogP contribution in [0.2, 0.25) is 0 Å². The van der Waals surface area contributed by atoms with Gasteiger partial charge in [-0.15, -0.1) is 4.91 Å². The second kappa shape index (κ2) is 5.52. The molecule has 0 amide bonds. The first-order valence-electron chi connectivity index (χ1n) is 6.93. The van der Waals surface area contributed by atoms with Gasteiger partial charge in [0.15, 0.2) is 5.69 Å². The Labute approximate surface area is 127 Å². The van der Waals surface area contributed by atoms with Gasteiger partial charge in [0.25, 0.3) is 0 Å². The lowest BCUT2D eigenvalue weighted by Gasteiger charge is -2.12. The van der Waals surface area contributed by atoms with E-state index in [1.54, 1.807) is 17.7 Å². The zero-order valence-corrected chi connectivity index (χ0v) is 12.4. The van der Waals surface area contributed by atoms with Crippen molar-refractivity contribution in [3.8, 4) is 11.6 Å². The number of hydrogen-bond acceptors (Lipinski definition) is 4. The highest BCUT2D eigenvalue weighted by Gasteiger charge is 2.19. The Morgan fingerprint density at radius 2 is 1.95 bits per heavy atom. The fourth-order valence-corrected chi connectivity index (χ4v) is 2.81. The van der Waals surface area contributed by atoms with Crippen LogP contribution < -0.4 is 4.74 Å². The van der Waals surface area contributed by atoms with Crippen LogP contribution in [0, 0.1) is 11.8 Å². The summed E-state index contributed by atoms with van der Waals surface area (Å²) >= 11 is 0. The first-order chi connectivity index (χ1) is 10.7. The third-order valence-electron chi connectivity index (χ3n) is 3.84. The van der Waals surface area contributed by atoms with Crippen molar-refractivity contribution < 1.29 is 9.84 Å². The number of nitrogens with zero attached hydrogens (tertiary/aromatic N) is 2. The fraction of sp³-hybridized carbons (Fsp3) is 0.176. The van der Waals surface area contributed by atoms with E-state index in [1.807, 2.05) is 43.3 Å². The summed E-state index contributed by atoms with van der Waals surface area (Å²) in [6.07, 6.45) is 0. The molecule has 0 unspecified atom stereocenters. The Morgan fingerprint density at radius 1 is 1.18 bits per heavy atom. The minimum absolute atomic E-state index is 0.0774. The van der Waals surface area contributed by atoms with Gasteiger partial charge in [-0.2, -0.15) is 0 Å². The maximum Gasteiger partial charge on any atom is 0.222 e. The summed E-state index contributed by atoms with van der Waals surface area (Å²) in [5.41, 5.74) is 2.77. The van der Waals surface area contributed by atoms with E-state index >= 15 is 0 Å². The molecule has 1 aromatic heterocycles. The number of methoxy groups -OCH3 is 1. The van der Waals surface area contributed by atoms with E-state index in [-0.39, 0.29) is 11.6 Å². The number of nitroso groups, excluding NO2 is 1. The van der Waals surface area contributed by atoms with Crippen molar-refractivity contribution in [2.75, 3.05) is 7.11 Å². The summed E-state index contributed by atoms with van der Waals surface area (Å²) in [5, 5.41) is 14.0. The van der Waals surface area contributed by atoms with Crippen LogP contribution >= 0.6 is 0 Å². The van der Waals surface area contributed by atoms with Crippen molar-refractivity contribution in [1.82, 2.24) is 4.57 Å². The Bertz CT molecular complexity index is 852. The summed E-state index contributed by atoms with van der Waals surface area (Å²) in [5.74, 6) is 0.614. The van der Waals surface area contributed by atoms with Crippen molar-refractivity contribution in [2.24, 2.45) is 5.18 Å². The van der Waals surface area contributed by atoms with Crippen LogP contribution in [0.1, 0.15) is 11.1 Å². The van der Waals surface area contributed by atoms with Crippen molar-refractivity contribution in [3.63, 3.8) is 0 Å². The molecule has 3 aromatic rings. The van der Waals surface area contributed by atoms with Crippen LogP contribution in [0.15, 0.2) is 47.6 Å². The summed E-state index contributed by atoms with van der Waals surface area (Å²) in [4.78, 5) is 11.1. The first kappa shape index (κ1) is 14.1. The lowest BCUT2D eigenvalue weighted by molar-refractivity contribution is 0.403. The van der Waals surface area contributed by atoms with Crippen molar-refractivity contribution in [1.29, 1.82) is 0 Å². The summed E-state index contributed by atoms with van der Waals surface area (Å²) in [6.45, 7) is 2.34. The normalized spacial score (nSPS) is 10.8. The molecule has 5 heteroatoms. The number of hydrogen-bond donors (Lipinski definition) is 1. The molecule has 0 fully saturated rings. The van der Waals surface area contributed by atoms with E-state index in [1.165, 1.54) is 0 Å². The van der Waals surface area contributed by atoms with Gasteiger partial charge in [0.1, 0.15) is 5.75 Å². The van der Waals surface area contributed by atoms with E-state index in [2.05, 4.69) is 5.18 Å². The third-order valence-corrected chi connectivity index (χ3v) is 3.84. The molecule has 112 valence electrons. The first-order valence-corrected chi connectivity index (χ1v) is 6.93. The molecule has 0 saturated heterocycles. The molecule has 1 heterocycles. The molecule has 0 saturated carbocycles. The van der Waals surface area contributed by atoms with Gasteiger partial charge in [-0.25, -0.2) is 0 Å². The molecule has 0 atom stereocenters. The van der Waals surface area contributed by atoms with Gasteiger partial charge >= 0.3 is 0 Å². The number of aromatic hydroxyl groups is 1. The molecule has 0 spiro atoms. The molecule has 0 aliphatic heterocycles. The average molecular weight is 296 g/mol. The molecular formula is C17H16N2O3. The van der Waals surface area contributed by atoms with Crippen LogP contribution in [-0.2, 0) is 6.54 Å². The van der Waals surface area contributed by atoms with Crippen molar-refractivity contribution >= 4 is 16.6 Å². The fourth-order valence-electron chi connectivity index (χ4n) is 2.81. The summed E-state index contributed by atoms with van der Waals surface area (Å²) in [6, 6.07) is 13.2. The van der Waals surface area contributed by atoms with Crippen LogP contribution in [0.4, 0.5) is 5.69 Å². The van der Waals surface area contributed by atoms with Gasteiger partial charge < -0.3 is 14.4 Å². The van der Waals surface area contributed by atoms with E-state index < -0.39 is 0 Å². The standard InChI is InChI=1S/C17H16N2O3/c1-11-6-5-8-13-15(18-21)17(20)19(16(11)13)10-12-7-3-4-9-14(12)22-2/h3-9,20H,10H2,1-2H3. The molecule has 22 heavy (non-hydrogen) atoms. The lowest BCUT2D eigenvalue weighted by Crippen LogP contribution is -2.02.